The van der Waals surface area contributed by atoms with Gasteiger partial charge in [-0.1, -0.05) is 54.6 Å². The molecule has 2 N–H and O–H groups in total. The Morgan fingerprint density at radius 2 is 1.52 bits per heavy atom. The summed E-state index contributed by atoms with van der Waals surface area (Å²) in [6.45, 7) is 0.257. The highest BCUT2D eigenvalue weighted by Gasteiger charge is 2.29. The van der Waals surface area contributed by atoms with Crippen LogP contribution in [0.2, 0.25) is 0 Å². The third-order valence-corrected chi connectivity index (χ3v) is 5.59. The summed E-state index contributed by atoms with van der Waals surface area (Å²) in [5.74, 6) is -0.345. The first-order valence-electron chi connectivity index (χ1n) is 10.8. The van der Waals surface area contributed by atoms with E-state index in [1.807, 2.05) is 30.3 Å². The Bertz CT molecular complexity index is 1410. The number of amides is 2. The topological polar surface area (TPSA) is 93.1 Å². The van der Waals surface area contributed by atoms with Gasteiger partial charge in [-0.2, -0.15) is 5.10 Å². The normalized spacial score (nSPS) is 13.0. The fraction of sp³-hybridized carbons (Fsp3) is 0.154. The van der Waals surface area contributed by atoms with Gasteiger partial charge in [0.05, 0.1) is 11.9 Å². The molecule has 7 heteroatoms. The maximum Gasteiger partial charge on any atom is 0.276 e. The largest absolute Gasteiger partial charge is 0.326 e. The van der Waals surface area contributed by atoms with Crippen LogP contribution in [0, 0.1) is 5.92 Å². The fourth-order valence-corrected chi connectivity index (χ4v) is 3.72. The number of rotatable bonds is 6. The summed E-state index contributed by atoms with van der Waals surface area (Å²) in [5, 5.41) is 11.1. The van der Waals surface area contributed by atoms with Crippen LogP contribution in [0.5, 0.6) is 0 Å². The van der Waals surface area contributed by atoms with Crippen LogP contribution < -0.4 is 16.2 Å². The molecule has 0 unspecified atom stereocenters. The van der Waals surface area contributed by atoms with Gasteiger partial charge in [0.15, 0.2) is 5.69 Å². The van der Waals surface area contributed by atoms with Crippen LogP contribution >= 0.6 is 0 Å². The number of anilines is 2. The van der Waals surface area contributed by atoms with Gasteiger partial charge in [0.25, 0.3) is 11.5 Å². The second kappa shape index (κ2) is 8.70. The van der Waals surface area contributed by atoms with Crippen LogP contribution in [0.4, 0.5) is 11.4 Å². The molecule has 0 atom stereocenters. The van der Waals surface area contributed by atoms with Gasteiger partial charge in [-0.3, -0.25) is 14.4 Å². The van der Waals surface area contributed by atoms with E-state index < -0.39 is 5.91 Å². The second-order valence-electron chi connectivity index (χ2n) is 8.14. The average Bonchev–Trinajstić information content (AvgIpc) is 3.68. The Kier molecular flexibility index (Phi) is 5.44. The van der Waals surface area contributed by atoms with Gasteiger partial charge in [-0.25, -0.2) is 4.68 Å². The average molecular weight is 438 g/mol. The highest BCUT2D eigenvalue weighted by molar-refractivity contribution is 6.11. The maximum atomic E-state index is 13.2. The van der Waals surface area contributed by atoms with Crippen molar-refractivity contribution < 1.29 is 9.59 Å². The smallest absolute Gasteiger partial charge is 0.276 e. The summed E-state index contributed by atoms with van der Waals surface area (Å²) in [5.41, 5.74) is 1.97. The lowest BCUT2D eigenvalue weighted by Crippen LogP contribution is -2.28. The van der Waals surface area contributed by atoms with Gasteiger partial charge < -0.3 is 10.6 Å². The molecule has 2 amide bonds. The Morgan fingerprint density at radius 1 is 0.848 bits per heavy atom. The van der Waals surface area contributed by atoms with Crippen LogP contribution in [-0.2, 0) is 11.3 Å². The Hall–Kier alpha value is -4.26. The summed E-state index contributed by atoms with van der Waals surface area (Å²) in [7, 11) is 0. The molecule has 0 aliphatic heterocycles. The van der Waals surface area contributed by atoms with E-state index in [9.17, 15) is 14.4 Å². The van der Waals surface area contributed by atoms with Gasteiger partial charge in [0, 0.05) is 22.7 Å². The monoisotopic (exact) mass is 438 g/mol. The van der Waals surface area contributed by atoms with Crippen molar-refractivity contribution in [1.29, 1.82) is 0 Å². The van der Waals surface area contributed by atoms with E-state index in [1.54, 1.807) is 48.5 Å². The van der Waals surface area contributed by atoms with E-state index in [0.29, 0.717) is 22.1 Å². The van der Waals surface area contributed by atoms with E-state index in [-0.39, 0.29) is 29.6 Å². The Labute approximate surface area is 190 Å². The molecule has 5 rings (SSSR count). The standard InChI is InChI=1S/C26H22N4O3/c31-24(18-13-14-18)27-19-9-6-10-20(15-19)28-25(32)23-21-11-4-5-12-22(21)26(33)30(29-23)16-17-7-2-1-3-8-17/h1-12,15,18H,13-14,16H2,(H,27,31)(H,28,32). The van der Waals surface area contributed by atoms with Crippen molar-refractivity contribution in [2.45, 2.75) is 19.4 Å². The molecule has 0 spiro atoms. The van der Waals surface area contributed by atoms with E-state index in [2.05, 4.69) is 15.7 Å². The minimum Gasteiger partial charge on any atom is -0.326 e. The molecule has 1 heterocycles. The minimum atomic E-state index is -0.432. The van der Waals surface area contributed by atoms with Crippen molar-refractivity contribution in [3.8, 4) is 0 Å². The lowest BCUT2D eigenvalue weighted by Gasteiger charge is -2.12. The highest BCUT2D eigenvalue weighted by Crippen LogP contribution is 2.30. The van der Waals surface area contributed by atoms with Crippen LogP contribution in [-0.4, -0.2) is 21.6 Å². The number of carbonyl (C=O) groups excluding carboxylic acids is 2. The van der Waals surface area contributed by atoms with Gasteiger partial charge >= 0.3 is 0 Å². The highest BCUT2D eigenvalue weighted by atomic mass is 16.2. The van der Waals surface area contributed by atoms with Crippen molar-refractivity contribution in [3.63, 3.8) is 0 Å². The third kappa shape index (κ3) is 4.52. The lowest BCUT2D eigenvalue weighted by molar-refractivity contribution is -0.117. The zero-order valence-electron chi connectivity index (χ0n) is 17.8. The van der Waals surface area contributed by atoms with Crippen molar-refractivity contribution in [2.24, 2.45) is 5.92 Å². The number of hydrogen-bond acceptors (Lipinski definition) is 4. The van der Waals surface area contributed by atoms with Crippen molar-refractivity contribution in [2.75, 3.05) is 10.6 Å². The summed E-state index contributed by atoms with van der Waals surface area (Å²) < 4.78 is 1.32. The quantitative estimate of drug-likeness (QED) is 0.475. The molecule has 1 saturated carbocycles. The molecule has 1 fully saturated rings. The van der Waals surface area contributed by atoms with Crippen molar-refractivity contribution >= 4 is 34.0 Å². The molecule has 0 radical (unpaired) electrons. The summed E-state index contributed by atoms with van der Waals surface area (Å²) in [6, 6.07) is 23.5. The SMILES string of the molecule is O=C(Nc1cccc(NC(=O)C2CC2)c1)c1nn(Cc2ccccc2)c(=O)c2ccccc12. The molecule has 0 bridgehead atoms. The molecular formula is C26H22N4O3. The van der Waals surface area contributed by atoms with E-state index >= 15 is 0 Å². The maximum absolute atomic E-state index is 13.2. The number of carbonyl (C=O) groups is 2. The summed E-state index contributed by atoms with van der Waals surface area (Å²) >= 11 is 0. The molecule has 3 aromatic carbocycles. The minimum absolute atomic E-state index is 0.000810. The first kappa shape index (κ1) is 20.6. The number of hydrogen-bond donors (Lipinski definition) is 2. The first-order valence-corrected chi connectivity index (χ1v) is 10.8. The van der Waals surface area contributed by atoms with E-state index in [1.165, 1.54) is 4.68 Å². The van der Waals surface area contributed by atoms with Gasteiger partial charge in [-0.05, 0) is 42.7 Å². The molecule has 4 aromatic rings. The van der Waals surface area contributed by atoms with E-state index in [0.717, 1.165) is 18.4 Å². The van der Waals surface area contributed by atoms with Crippen LogP contribution in [0.25, 0.3) is 10.8 Å². The zero-order chi connectivity index (χ0) is 22.8. The molecule has 1 aliphatic rings. The number of nitrogens with one attached hydrogen (secondary N) is 2. The van der Waals surface area contributed by atoms with Gasteiger partial charge in [0.2, 0.25) is 5.91 Å². The van der Waals surface area contributed by atoms with Gasteiger partial charge in [0.1, 0.15) is 0 Å². The fourth-order valence-electron chi connectivity index (χ4n) is 3.72. The van der Waals surface area contributed by atoms with Crippen molar-refractivity contribution in [3.05, 3.63) is 100 Å². The van der Waals surface area contributed by atoms with Crippen LogP contribution in [0.1, 0.15) is 28.9 Å². The number of benzene rings is 3. The predicted octanol–water partition coefficient (Wildman–Crippen LogP) is 4.05. The predicted molar refractivity (Wildman–Crippen MR) is 127 cm³/mol. The summed E-state index contributed by atoms with van der Waals surface area (Å²) in [4.78, 5) is 38.3. The molecule has 7 nitrogen and oxygen atoms in total. The summed E-state index contributed by atoms with van der Waals surface area (Å²) in [6.07, 6.45) is 1.83. The lowest BCUT2D eigenvalue weighted by atomic mass is 10.1. The number of nitrogens with zero attached hydrogens (tertiary/aromatic N) is 2. The molecule has 33 heavy (non-hydrogen) atoms. The molecule has 164 valence electrons. The molecule has 0 saturated heterocycles. The number of fused-ring (bicyclic) bond motifs is 1. The van der Waals surface area contributed by atoms with Crippen LogP contribution in [0.15, 0.2) is 83.7 Å². The number of aromatic nitrogens is 2. The molecule has 1 aliphatic carbocycles. The van der Waals surface area contributed by atoms with E-state index in [4.69, 9.17) is 0 Å². The van der Waals surface area contributed by atoms with Crippen molar-refractivity contribution in [1.82, 2.24) is 9.78 Å². The Balaban J connectivity index is 1.46. The molecule has 1 aromatic heterocycles. The zero-order valence-corrected chi connectivity index (χ0v) is 17.8. The van der Waals surface area contributed by atoms with Crippen LogP contribution in [0.3, 0.4) is 0 Å². The van der Waals surface area contributed by atoms with Gasteiger partial charge in [-0.15, -0.1) is 0 Å². The second-order valence-corrected chi connectivity index (χ2v) is 8.14. The Morgan fingerprint density at radius 3 is 2.24 bits per heavy atom. The first-order chi connectivity index (χ1) is 16.1. The molecular weight excluding hydrogens is 416 g/mol. The third-order valence-electron chi connectivity index (χ3n) is 5.59.